The summed E-state index contributed by atoms with van der Waals surface area (Å²) >= 11 is 6.17. The molecule has 1 aliphatic heterocycles. The Morgan fingerprint density at radius 2 is 1.94 bits per heavy atom. The molecule has 0 saturated carbocycles. The highest BCUT2D eigenvalue weighted by atomic mass is 35.5. The summed E-state index contributed by atoms with van der Waals surface area (Å²) < 4.78 is 30.7. The van der Waals surface area contributed by atoms with Crippen molar-refractivity contribution in [1.82, 2.24) is 4.90 Å². The van der Waals surface area contributed by atoms with Gasteiger partial charge >= 0.3 is 6.03 Å². The molecule has 2 N–H and O–H groups in total. The summed E-state index contributed by atoms with van der Waals surface area (Å²) in [6, 6.07) is 9.87. The van der Waals surface area contributed by atoms with Crippen LogP contribution < -0.4 is 5.32 Å². The maximum absolute atomic E-state index is 13.0. The van der Waals surface area contributed by atoms with Gasteiger partial charge in [-0.3, -0.25) is 4.18 Å². The summed E-state index contributed by atoms with van der Waals surface area (Å²) in [5.41, 5.74) is 2.14. The van der Waals surface area contributed by atoms with E-state index in [1.54, 1.807) is 25.1 Å². The number of amides is 2. The second kappa shape index (κ2) is 9.46. The van der Waals surface area contributed by atoms with Crippen LogP contribution in [-0.4, -0.2) is 49.2 Å². The number of rotatable bonds is 5. The highest BCUT2D eigenvalue weighted by Gasteiger charge is 2.42. The lowest BCUT2D eigenvalue weighted by Gasteiger charge is -2.31. The Kier molecular flexibility index (Phi) is 7.10. The van der Waals surface area contributed by atoms with Crippen LogP contribution in [0.5, 0.6) is 0 Å². The van der Waals surface area contributed by atoms with Gasteiger partial charge in [-0.05, 0) is 57.0 Å². The number of anilines is 1. The van der Waals surface area contributed by atoms with Crippen molar-refractivity contribution in [3.8, 4) is 6.07 Å². The van der Waals surface area contributed by atoms with Crippen molar-refractivity contribution in [2.75, 3.05) is 11.9 Å². The number of halogens is 1. The van der Waals surface area contributed by atoms with Crippen molar-refractivity contribution in [2.24, 2.45) is 0 Å². The number of urea groups is 1. The molecule has 170 valence electrons. The first-order valence-corrected chi connectivity index (χ1v) is 11.8. The summed E-state index contributed by atoms with van der Waals surface area (Å²) in [7, 11) is -4.08. The second-order valence-electron chi connectivity index (χ2n) is 7.75. The van der Waals surface area contributed by atoms with Crippen LogP contribution in [0, 0.1) is 25.2 Å². The first kappa shape index (κ1) is 24.0. The second-order valence-corrected chi connectivity index (χ2v) is 9.70. The lowest BCUT2D eigenvalue weighted by Crippen LogP contribution is -2.49. The van der Waals surface area contributed by atoms with E-state index in [1.165, 1.54) is 30.0 Å². The van der Waals surface area contributed by atoms with E-state index >= 15 is 0 Å². The number of aliphatic hydroxyl groups excluding tert-OH is 1. The third-order valence-electron chi connectivity index (χ3n) is 5.50. The number of likely N-dealkylation sites (tertiary alicyclic amines) is 1. The van der Waals surface area contributed by atoms with Crippen LogP contribution in [0.3, 0.4) is 0 Å². The van der Waals surface area contributed by atoms with Crippen LogP contribution in [0.4, 0.5) is 10.5 Å². The van der Waals surface area contributed by atoms with E-state index in [0.717, 1.165) is 5.56 Å². The van der Waals surface area contributed by atoms with Crippen molar-refractivity contribution in [3.05, 3.63) is 58.1 Å². The zero-order valence-electron chi connectivity index (χ0n) is 17.9. The van der Waals surface area contributed by atoms with E-state index in [0.29, 0.717) is 16.8 Å². The number of aryl methyl sites for hydroxylation is 1. The average molecular weight is 478 g/mol. The van der Waals surface area contributed by atoms with E-state index in [-0.39, 0.29) is 22.9 Å². The molecule has 10 heteroatoms. The summed E-state index contributed by atoms with van der Waals surface area (Å²) in [6.45, 7) is 5.25. The lowest BCUT2D eigenvalue weighted by molar-refractivity contribution is 0.0544. The molecule has 1 fully saturated rings. The van der Waals surface area contributed by atoms with Gasteiger partial charge in [0.25, 0.3) is 10.1 Å². The first-order valence-electron chi connectivity index (χ1n) is 10.00. The van der Waals surface area contributed by atoms with Crippen LogP contribution in [0.1, 0.15) is 30.0 Å². The molecule has 0 aromatic heterocycles. The number of carbonyl (C=O) groups excluding carboxylic acids is 1. The third kappa shape index (κ3) is 4.89. The van der Waals surface area contributed by atoms with Crippen molar-refractivity contribution >= 4 is 33.4 Å². The van der Waals surface area contributed by atoms with Gasteiger partial charge < -0.3 is 15.3 Å². The van der Waals surface area contributed by atoms with E-state index in [2.05, 4.69) is 5.32 Å². The fourth-order valence-electron chi connectivity index (χ4n) is 3.71. The highest BCUT2D eigenvalue weighted by Crippen LogP contribution is 2.29. The Hall–Kier alpha value is -2.64. The van der Waals surface area contributed by atoms with Crippen molar-refractivity contribution in [3.63, 3.8) is 0 Å². The number of hydrogen-bond donors (Lipinski definition) is 2. The van der Waals surface area contributed by atoms with Gasteiger partial charge in [0, 0.05) is 12.2 Å². The summed E-state index contributed by atoms with van der Waals surface area (Å²) in [4.78, 5) is 14.3. The van der Waals surface area contributed by atoms with Gasteiger partial charge in [-0.15, -0.1) is 0 Å². The molecule has 32 heavy (non-hydrogen) atoms. The van der Waals surface area contributed by atoms with Crippen LogP contribution in [-0.2, 0) is 14.3 Å². The molecule has 3 rings (SSSR count). The van der Waals surface area contributed by atoms with Gasteiger partial charge in [-0.25, -0.2) is 4.79 Å². The lowest BCUT2D eigenvalue weighted by atomic mass is 10.1. The average Bonchev–Trinajstić information content (AvgIpc) is 3.13. The number of carbonyl (C=O) groups is 1. The molecule has 1 aliphatic rings. The molecule has 1 saturated heterocycles. The maximum atomic E-state index is 13.0. The molecule has 3 atom stereocenters. The monoisotopic (exact) mass is 477 g/mol. The Morgan fingerprint density at radius 1 is 1.28 bits per heavy atom. The normalized spacial score (nSPS) is 19.4. The largest absolute Gasteiger partial charge is 0.391 e. The number of aliphatic hydroxyl groups is 1. The minimum Gasteiger partial charge on any atom is -0.391 e. The standard InChI is InChI=1S/C22H24ClN3O5S/c1-13-4-7-17(8-5-13)32(29,30)31-15(3)21-19(27)10-11-26(21)22(28)25-18-9-6-16(12-24)20(23)14(18)2/h4-9,15,19,21,27H,10-11H2,1-3H3,(H,25,28)/t15-,19-,21+/m0/s1. The molecule has 1 heterocycles. The van der Waals surface area contributed by atoms with Gasteiger partial charge in [0.1, 0.15) is 6.07 Å². The SMILES string of the molecule is Cc1ccc(S(=O)(=O)O[C@@H](C)[C@@H]2[C@@H](O)CCN2C(=O)Nc2ccc(C#N)c(Cl)c2C)cc1. The minimum absolute atomic E-state index is 0.00119. The molecule has 8 nitrogen and oxygen atoms in total. The molecule has 0 bridgehead atoms. The molecule has 0 radical (unpaired) electrons. The number of nitrogens with zero attached hydrogens (tertiary/aromatic N) is 2. The first-order chi connectivity index (χ1) is 15.0. The summed E-state index contributed by atoms with van der Waals surface area (Å²) in [6.07, 6.45) is -1.66. The fraction of sp³-hybridized carbons (Fsp3) is 0.364. The molecule has 2 aromatic rings. The number of nitrogens with one attached hydrogen (secondary N) is 1. The molecule has 0 spiro atoms. The van der Waals surface area contributed by atoms with Gasteiger partial charge in [0.05, 0.1) is 33.7 Å². The van der Waals surface area contributed by atoms with Crippen molar-refractivity contribution in [2.45, 2.75) is 50.3 Å². The van der Waals surface area contributed by atoms with E-state index in [4.69, 9.17) is 21.0 Å². The number of benzene rings is 2. The van der Waals surface area contributed by atoms with Crippen LogP contribution in [0.25, 0.3) is 0 Å². The van der Waals surface area contributed by atoms with Crippen LogP contribution in [0.2, 0.25) is 5.02 Å². The third-order valence-corrected chi connectivity index (χ3v) is 7.39. The van der Waals surface area contributed by atoms with Crippen LogP contribution >= 0.6 is 11.6 Å². The Balaban J connectivity index is 1.78. The minimum atomic E-state index is -4.08. The molecular formula is C22H24ClN3O5S. The zero-order chi connectivity index (χ0) is 23.6. The van der Waals surface area contributed by atoms with Crippen molar-refractivity contribution < 1.29 is 22.5 Å². The predicted molar refractivity (Wildman–Crippen MR) is 120 cm³/mol. The Morgan fingerprint density at radius 3 is 2.56 bits per heavy atom. The number of nitriles is 1. The molecule has 2 amide bonds. The van der Waals surface area contributed by atoms with Gasteiger partial charge in [0.2, 0.25) is 0 Å². The van der Waals surface area contributed by atoms with E-state index in [9.17, 15) is 18.3 Å². The molecule has 2 aromatic carbocycles. The molecule has 0 aliphatic carbocycles. The van der Waals surface area contributed by atoms with Gasteiger partial charge in [-0.1, -0.05) is 29.3 Å². The smallest absolute Gasteiger partial charge is 0.322 e. The summed E-state index contributed by atoms with van der Waals surface area (Å²) in [5.74, 6) is 0. The quantitative estimate of drug-likeness (QED) is 0.635. The molecular weight excluding hydrogens is 454 g/mol. The Bertz CT molecular complexity index is 1160. The van der Waals surface area contributed by atoms with Gasteiger partial charge in [-0.2, -0.15) is 13.7 Å². The predicted octanol–water partition coefficient (Wildman–Crippen LogP) is 3.59. The number of hydrogen-bond acceptors (Lipinski definition) is 6. The summed E-state index contributed by atoms with van der Waals surface area (Å²) in [5, 5.41) is 22.5. The fourth-order valence-corrected chi connectivity index (χ4v) is 5.01. The Labute approximate surface area is 192 Å². The maximum Gasteiger partial charge on any atom is 0.322 e. The zero-order valence-corrected chi connectivity index (χ0v) is 19.4. The van der Waals surface area contributed by atoms with Gasteiger partial charge in [0.15, 0.2) is 0 Å². The van der Waals surface area contributed by atoms with Crippen molar-refractivity contribution in [1.29, 1.82) is 5.26 Å². The highest BCUT2D eigenvalue weighted by molar-refractivity contribution is 7.86. The topological polar surface area (TPSA) is 120 Å². The van der Waals surface area contributed by atoms with E-state index < -0.39 is 34.4 Å². The van der Waals surface area contributed by atoms with E-state index in [1.807, 2.05) is 13.0 Å². The van der Waals surface area contributed by atoms with Crippen LogP contribution in [0.15, 0.2) is 41.3 Å². The molecule has 0 unspecified atom stereocenters.